The van der Waals surface area contributed by atoms with Gasteiger partial charge >= 0.3 is 0 Å². The highest BCUT2D eigenvalue weighted by atomic mass is 32.2. The van der Waals surface area contributed by atoms with E-state index in [0.717, 1.165) is 24.3 Å². The molecule has 6 nitrogen and oxygen atoms in total. The molecular weight excluding hydrogens is 311 g/mol. The minimum atomic E-state index is -3.67. The van der Waals surface area contributed by atoms with Crippen molar-refractivity contribution in [3.8, 4) is 0 Å². The van der Waals surface area contributed by atoms with Gasteiger partial charge in [0.05, 0.1) is 10.6 Å². The molecule has 0 heterocycles. The minimum absolute atomic E-state index is 0.0431. The summed E-state index contributed by atoms with van der Waals surface area (Å²) in [5.74, 6) is -1.82. The predicted molar refractivity (Wildman–Crippen MR) is 79.4 cm³/mol. The number of rotatable bonds is 7. The van der Waals surface area contributed by atoms with Gasteiger partial charge in [0.15, 0.2) is 9.84 Å². The Balaban J connectivity index is 2.56. The summed E-state index contributed by atoms with van der Waals surface area (Å²) in [6, 6.07) is 3.66. The van der Waals surface area contributed by atoms with Crippen LogP contribution in [0.15, 0.2) is 29.2 Å². The zero-order valence-corrected chi connectivity index (χ0v) is 13.2. The monoisotopic (exact) mass is 330 g/mol. The van der Waals surface area contributed by atoms with E-state index in [4.69, 9.17) is 0 Å². The molecule has 0 fully saturated rings. The fourth-order valence-corrected chi connectivity index (χ4v) is 2.93. The van der Waals surface area contributed by atoms with Gasteiger partial charge in [-0.15, -0.1) is 0 Å². The van der Waals surface area contributed by atoms with Crippen molar-refractivity contribution in [1.29, 1.82) is 0 Å². The Morgan fingerprint density at radius 3 is 2.36 bits per heavy atom. The van der Waals surface area contributed by atoms with E-state index >= 15 is 0 Å². The van der Waals surface area contributed by atoms with Crippen LogP contribution in [0, 0.1) is 5.82 Å². The molecule has 0 radical (unpaired) electrons. The molecular formula is C14H19FN2O4S. The van der Waals surface area contributed by atoms with E-state index < -0.39 is 33.4 Å². The summed E-state index contributed by atoms with van der Waals surface area (Å²) >= 11 is 0. The van der Waals surface area contributed by atoms with Crippen LogP contribution in [0.2, 0.25) is 0 Å². The molecule has 22 heavy (non-hydrogen) atoms. The molecule has 0 spiro atoms. The van der Waals surface area contributed by atoms with Gasteiger partial charge in [-0.1, -0.05) is 0 Å². The first-order valence-electron chi connectivity index (χ1n) is 6.81. The smallest absolute Gasteiger partial charge is 0.242 e. The van der Waals surface area contributed by atoms with E-state index in [1.165, 1.54) is 6.92 Å². The molecule has 1 aromatic carbocycles. The van der Waals surface area contributed by atoms with Crippen molar-refractivity contribution in [3.63, 3.8) is 0 Å². The molecule has 0 aliphatic rings. The number of hydrogen-bond donors (Lipinski definition) is 2. The zero-order valence-electron chi connectivity index (χ0n) is 12.4. The quantitative estimate of drug-likeness (QED) is 0.717. The summed E-state index contributed by atoms with van der Waals surface area (Å²) in [7, 11) is -3.67. The maximum atomic E-state index is 12.8. The van der Waals surface area contributed by atoms with Crippen LogP contribution in [-0.2, 0) is 19.4 Å². The molecule has 1 aromatic rings. The Morgan fingerprint density at radius 2 is 1.82 bits per heavy atom. The van der Waals surface area contributed by atoms with Gasteiger partial charge < -0.3 is 10.6 Å². The molecule has 0 unspecified atom stereocenters. The second kappa shape index (κ2) is 7.88. The molecule has 122 valence electrons. The maximum absolute atomic E-state index is 12.8. The number of sulfone groups is 1. The highest BCUT2D eigenvalue weighted by Crippen LogP contribution is 2.12. The number of hydrogen-bond acceptors (Lipinski definition) is 4. The summed E-state index contributed by atoms with van der Waals surface area (Å²) in [5, 5.41) is 4.97. The predicted octanol–water partition coefficient (Wildman–Crippen LogP) is 0.630. The molecule has 0 aliphatic heterocycles. The second-order valence-electron chi connectivity index (χ2n) is 4.71. The third kappa shape index (κ3) is 5.44. The van der Waals surface area contributed by atoms with Crippen LogP contribution in [0.4, 0.5) is 4.39 Å². The molecule has 0 bridgehead atoms. The maximum Gasteiger partial charge on any atom is 0.242 e. The number of likely N-dealkylation sites (N-methyl/N-ethyl adjacent to an activating group) is 1. The van der Waals surface area contributed by atoms with Crippen molar-refractivity contribution in [2.75, 3.05) is 12.3 Å². The van der Waals surface area contributed by atoms with Crippen LogP contribution in [0.3, 0.4) is 0 Å². The van der Waals surface area contributed by atoms with Crippen molar-refractivity contribution in [3.05, 3.63) is 30.1 Å². The number of nitrogens with one attached hydrogen (secondary N) is 2. The van der Waals surface area contributed by atoms with Crippen molar-refractivity contribution < 1.29 is 22.4 Å². The number of amides is 2. The van der Waals surface area contributed by atoms with Gasteiger partial charge in [0.25, 0.3) is 0 Å². The number of carbonyl (C=O) groups is 2. The topological polar surface area (TPSA) is 92.3 Å². The summed E-state index contributed by atoms with van der Waals surface area (Å²) in [6.45, 7) is 3.71. The second-order valence-corrected chi connectivity index (χ2v) is 6.82. The molecule has 0 aromatic heterocycles. The lowest BCUT2D eigenvalue weighted by Crippen LogP contribution is -2.45. The van der Waals surface area contributed by atoms with Crippen LogP contribution >= 0.6 is 0 Å². The first-order valence-corrected chi connectivity index (χ1v) is 8.47. The highest BCUT2D eigenvalue weighted by molar-refractivity contribution is 7.91. The standard InChI is InChI=1S/C14H19FN2O4S/c1-3-16-14(19)10(2)17-13(18)8-9-22(20,21)12-6-4-11(15)5-7-12/h4-7,10H,3,8-9H2,1-2H3,(H,16,19)(H,17,18)/t10-/m0/s1. The zero-order chi connectivity index (χ0) is 16.8. The van der Waals surface area contributed by atoms with Gasteiger partial charge in [-0.3, -0.25) is 9.59 Å². The van der Waals surface area contributed by atoms with Crippen LogP contribution in [0.25, 0.3) is 0 Å². The lowest BCUT2D eigenvalue weighted by atomic mass is 10.3. The average molecular weight is 330 g/mol. The molecule has 1 rings (SSSR count). The van der Waals surface area contributed by atoms with E-state index in [1.54, 1.807) is 6.92 Å². The Labute approximate surface area is 129 Å². The van der Waals surface area contributed by atoms with E-state index in [9.17, 15) is 22.4 Å². The van der Waals surface area contributed by atoms with Crippen LogP contribution in [0.5, 0.6) is 0 Å². The molecule has 0 aliphatic carbocycles. The molecule has 0 saturated carbocycles. The van der Waals surface area contributed by atoms with Gasteiger partial charge in [0.2, 0.25) is 11.8 Å². The largest absolute Gasteiger partial charge is 0.355 e. The fourth-order valence-electron chi connectivity index (χ4n) is 1.69. The third-order valence-electron chi connectivity index (χ3n) is 2.89. The van der Waals surface area contributed by atoms with Gasteiger partial charge in [-0.2, -0.15) is 0 Å². The number of halogens is 1. The lowest BCUT2D eigenvalue weighted by molar-refractivity contribution is -0.128. The Bertz CT molecular complexity index is 629. The molecule has 2 N–H and O–H groups in total. The van der Waals surface area contributed by atoms with Crippen molar-refractivity contribution in [2.24, 2.45) is 0 Å². The first-order chi connectivity index (χ1) is 10.3. The van der Waals surface area contributed by atoms with Gasteiger partial charge in [0.1, 0.15) is 11.9 Å². The van der Waals surface area contributed by atoms with Gasteiger partial charge in [-0.25, -0.2) is 12.8 Å². The summed E-state index contributed by atoms with van der Waals surface area (Å²) < 4.78 is 36.8. The number of carbonyl (C=O) groups excluding carboxylic acids is 2. The third-order valence-corrected chi connectivity index (χ3v) is 4.62. The van der Waals surface area contributed by atoms with Gasteiger partial charge in [0, 0.05) is 13.0 Å². The molecule has 8 heteroatoms. The SMILES string of the molecule is CCNC(=O)[C@H](C)NC(=O)CCS(=O)(=O)c1ccc(F)cc1. The van der Waals surface area contributed by atoms with Crippen LogP contribution in [-0.4, -0.2) is 38.6 Å². The Morgan fingerprint density at radius 1 is 1.23 bits per heavy atom. The van der Waals surface area contributed by atoms with Crippen molar-refractivity contribution >= 4 is 21.7 Å². The summed E-state index contributed by atoms with van der Waals surface area (Å²) in [5.41, 5.74) is 0. The van der Waals surface area contributed by atoms with Crippen molar-refractivity contribution in [2.45, 2.75) is 31.2 Å². The average Bonchev–Trinajstić information content (AvgIpc) is 2.46. The Kier molecular flexibility index (Phi) is 6.48. The summed E-state index contributed by atoms with van der Waals surface area (Å²) in [4.78, 5) is 23.1. The van der Waals surface area contributed by atoms with Gasteiger partial charge in [-0.05, 0) is 38.1 Å². The molecule has 0 saturated heterocycles. The normalized spacial score (nSPS) is 12.5. The number of benzene rings is 1. The highest BCUT2D eigenvalue weighted by Gasteiger charge is 2.19. The minimum Gasteiger partial charge on any atom is -0.355 e. The van der Waals surface area contributed by atoms with E-state index in [0.29, 0.717) is 6.54 Å². The first kappa shape index (κ1) is 18.1. The van der Waals surface area contributed by atoms with E-state index in [-0.39, 0.29) is 17.2 Å². The van der Waals surface area contributed by atoms with Crippen LogP contribution < -0.4 is 10.6 Å². The fraction of sp³-hybridized carbons (Fsp3) is 0.429. The van der Waals surface area contributed by atoms with Crippen LogP contribution in [0.1, 0.15) is 20.3 Å². The molecule has 1 atom stereocenters. The van der Waals surface area contributed by atoms with E-state index in [2.05, 4.69) is 10.6 Å². The van der Waals surface area contributed by atoms with E-state index in [1.807, 2.05) is 0 Å². The molecule has 2 amide bonds. The lowest BCUT2D eigenvalue weighted by Gasteiger charge is -2.13. The summed E-state index contributed by atoms with van der Waals surface area (Å²) in [6.07, 6.45) is -0.274. The van der Waals surface area contributed by atoms with Crippen molar-refractivity contribution in [1.82, 2.24) is 10.6 Å². The Hall–Kier alpha value is -1.96.